The van der Waals surface area contributed by atoms with Gasteiger partial charge in [0.15, 0.2) is 0 Å². The number of hydrogen-bond acceptors (Lipinski definition) is 2. The topological polar surface area (TPSA) is 55.1 Å². The summed E-state index contributed by atoms with van der Waals surface area (Å²) in [5, 5.41) is 3.01. The second-order valence-corrected chi connectivity index (χ2v) is 6.42. The Hall–Kier alpha value is -1.42. The van der Waals surface area contributed by atoms with Crippen LogP contribution in [0.4, 0.5) is 4.39 Å². The van der Waals surface area contributed by atoms with Gasteiger partial charge in [0.05, 0.1) is 11.5 Å². The van der Waals surface area contributed by atoms with Crippen molar-refractivity contribution >= 4 is 5.91 Å². The first-order chi connectivity index (χ1) is 9.97. The molecular weight excluding hydrogens is 267 g/mol. The molecule has 1 unspecified atom stereocenters. The zero-order chi connectivity index (χ0) is 15.5. The highest BCUT2D eigenvalue weighted by Gasteiger charge is 2.40. The molecule has 1 saturated carbocycles. The maximum absolute atomic E-state index is 13.3. The van der Waals surface area contributed by atoms with Crippen LogP contribution in [0.5, 0.6) is 0 Å². The summed E-state index contributed by atoms with van der Waals surface area (Å²) >= 11 is 0. The van der Waals surface area contributed by atoms with Crippen molar-refractivity contribution in [3.8, 4) is 0 Å². The lowest BCUT2D eigenvalue weighted by Gasteiger charge is -2.38. The van der Waals surface area contributed by atoms with Crippen molar-refractivity contribution in [3.63, 3.8) is 0 Å². The Morgan fingerprint density at radius 2 is 2.14 bits per heavy atom. The fraction of sp³-hybridized carbons (Fsp3) is 0.588. The SMILES string of the molecule is CC1CCC(CN)(C(=O)NC(C)c2cccc(F)c2)CC1. The van der Waals surface area contributed by atoms with Gasteiger partial charge in [0.2, 0.25) is 5.91 Å². The van der Waals surface area contributed by atoms with E-state index < -0.39 is 5.41 Å². The molecule has 0 heterocycles. The predicted molar refractivity (Wildman–Crippen MR) is 82.1 cm³/mol. The van der Waals surface area contributed by atoms with Gasteiger partial charge >= 0.3 is 0 Å². The minimum Gasteiger partial charge on any atom is -0.349 e. The van der Waals surface area contributed by atoms with E-state index >= 15 is 0 Å². The number of carbonyl (C=O) groups excluding carboxylic acids is 1. The Kier molecular flexibility index (Phi) is 4.99. The highest BCUT2D eigenvalue weighted by molar-refractivity contribution is 5.83. The largest absolute Gasteiger partial charge is 0.349 e. The number of nitrogens with two attached hydrogens (primary N) is 1. The van der Waals surface area contributed by atoms with Crippen molar-refractivity contribution in [3.05, 3.63) is 35.6 Å². The lowest BCUT2D eigenvalue weighted by molar-refractivity contribution is -0.133. The van der Waals surface area contributed by atoms with Gasteiger partial charge in [-0.2, -0.15) is 0 Å². The van der Waals surface area contributed by atoms with E-state index in [0.29, 0.717) is 12.5 Å². The maximum Gasteiger partial charge on any atom is 0.227 e. The second kappa shape index (κ2) is 6.56. The van der Waals surface area contributed by atoms with E-state index in [4.69, 9.17) is 5.73 Å². The fourth-order valence-electron chi connectivity index (χ4n) is 3.05. The summed E-state index contributed by atoms with van der Waals surface area (Å²) < 4.78 is 13.3. The maximum atomic E-state index is 13.3. The Morgan fingerprint density at radius 1 is 1.48 bits per heavy atom. The molecule has 3 nitrogen and oxygen atoms in total. The minimum atomic E-state index is -0.450. The Bertz CT molecular complexity index is 495. The van der Waals surface area contributed by atoms with E-state index in [0.717, 1.165) is 31.2 Å². The number of nitrogens with one attached hydrogen (secondary N) is 1. The molecule has 21 heavy (non-hydrogen) atoms. The molecule has 1 aromatic rings. The van der Waals surface area contributed by atoms with Crippen LogP contribution in [0.15, 0.2) is 24.3 Å². The minimum absolute atomic E-state index is 0.00802. The molecule has 0 radical (unpaired) electrons. The molecule has 1 fully saturated rings. The van der Waals surface area contributed by atoms with Crippen molar-refractivity contribution in [2.24, 2.45) is 17.1 Å². The van der Waals surface area contributed by atoms with E-state index in [1.807, 2.05) is 13.0 Å². The van der Waals surface area contributed by atoms with Crippen molar-refractivity contribution < 1.29 is 9.18 Å². The quantitative estimate of drug-likeness (QED) is 0.895. The normalized spacial score (nSPS) is 27.1. The summed E-state index contributed by atoms with van der Waals surface area (Å²) in [6.45, 7) is 4.47. The number of amides is 1. The molecule has 116 valence electrons. The van der Waals surface area contributed by atoms with E-state index in [-0.39, 0.29) is 17.8 Å². The molecule has 1 aliphatic rings. The third-order valence-electron chi connectivity index (χ3n) is 4.80. The zero-order valence-corrected chi connectivity index (χ0v) is 12.9. The van der Waals surface area contributed by atoms with Gasteiger partial charge in [-0.05, 0) is 56.2 Å². The average Bonchev–Trinajstić information content (AvgIpc) is 2.48. The molecule has 0 bridgehead atoms. The first-order valence-corrected chi connectivity index (χ1v) is 7.73. The highest BCUT2D eigenvalue weighted by atomic mass is 19.1. The fourth-order valence-corrected chi connectivity index (χ4v) is 3.05. The molecular formula is C17H25FN2O. The van der Waals surface area contributed by atoms with Gasteiger partial charge in [-0.15, -0.1) is 0 Å². The molecule has 0 aliphatic heterocycles. The van der Waals surface area contributed by atoms with Crippen LogP contribution in [-0.2, 0) is 4.79 Å². The summed E-state index contributed by atoms with van der Waals surface area (Å²) in [7, 11) is 0. The molecule has 2 rings (SSSR count). The summed E-state index contributed by atoms with van der Waals surface area (Å²) in [5.41, 5.74) is 6.23. The summed E-state index contributed by atoms with van der Waals surface area (Å²) in [5.74, 6) is 0.389. The monoisotopic (exact) mass is 292 g/mol. The van der Waals surface area contributed by atoms with E-state index in [1.54, 1.807) is 6.07 Å². The van der Waals surface area contributed by atoms with Crippen LogP contribution in [0.1, 0.15) is 51.1 Å². The van der Waals surface area contributed by atoms with Crippen molar-refractivity contribution in [2.45, 2.75) is 45.6 Å². The number of carbonyl (C=O) groups is 1. The van der Waals surface area contributed by atoms with Gasteiger partial charge in [-0.3, -0.25) is 4.79 Å². The van der Waals surface area contributed by atoms with Gasteiger partial charge in [-0.1, -0.05) is 19.1 Å². The van der Waals surface area contributed by atoms with Gasteiger partial charge < -0.3 is 11.1 Å². The van der Waals surface area contributed by atoms with Crippen molar-refractivity contribution in [2.75, 3.05) is 6.54 Å². The van der Waals surface area contributed by atoms with Crippen LogP contribution in [0.25, 0.3) is 0 Å². The Balaban J connectivity index is 2.05. The number of hydrogen-bond donors (Lipinski definition) is 2. The third kappa shape index (κ3) is 3.62. The van der Waals surface area contributed by atoms with Crippen molar-refractivity contribution in [1.29, 1.82) is 0 Å². The van der Waals surface area contributed by atoms with Gasteiger partial charge in [0.1, 0.15) is 5.82 Å². The zero-order valence-electron chi connectivity index (χ0n) is 12.9. The predicted octanol–water partition coefficient (Wildman–Crippen LogP) is 3.16. The molecule has 4 heteroatoms. The molecule has 0 aromatic heterocycles. The average molecular weight is 292 g/mol. The number of rotatable bonds is 4. The van der Waals surface area contributed by atoms with Gasteiger partial charge in [0.25, 0.3) is 0 Å². The lowest BCUT2D eigenvalue weighted by Crippen LogP contribution is -2.48. The third-order valence-corrected chi connectivity index (χ3v) is 4.80. The first kappa shape index (κ1) is 16.0. The molecule has 1 atom stereocenters. The molecule has 1 amide bonds. The van der Waals surface area contributed by atoms with Gasteiger partial charge in [0, 0.05) is 6.54 Å². The summed E-state index contributed by atoms with van der Waals surface area (Å²) in [6, 6.07) is 6.14. The van der Waals surface area contributed by atoms with Crippen LogP contribution in [0.2, 0.25) is 0 Å². The van der Waals surface area contributed by atoms with Crippen LogP contribution in [-0.4, -0.2) is 12.5 Å². The van der Waals surface area contributed by atoms with Crippen molar-refractivity contribution in [1.82, 2.24) is 5.32 Å². The van der Waals surface area contributed by atoms with Crippen LogP contribution in [0, 0.1) is 17.2 Å². The Labute approximate surface area is 126 Å². The van der Waals surface area contributed by atoms with Crippen LogP contribution < -0.4 is 11.1 Å². The smallest absolute Gasteiger partial charge is 0.227 e. The number of benzene rings is 1. The molecule has 1 aromatic carbocycles. The summed E-state index contributed by atoms with van der Waals surface area (Å²) in [4.78, 5) is 12.6. The first-order valence-electron chi connectivity index (χ1n) is 7.73. The van der Waals surface area contributed by atoms with E-state index in [2.05, 4.69) is 12.2 Å². The second-order valence-electron chi connectivity index (χ2n) is 6.42. The van der Waals surface area contributed by atoms with Crippen LogP contribution >= 0.6 is 0 Å². The summed E-state index contributed by atoms with van der Waals surface area (Å²) in [6.07, 6.45) is 3.76. The molecule has 0 saturated heterocycles. The van der Waals surface area contributed by atoms with E-state index in [1.165, 1.54) is 12.1 Å². The Morgan fingerprint density at radius 3 is 2.71 bits per heavy atom. The number of halogens is 1. The standard InChI is InChI=1S/C17H25FN2O/c1-12-6-8-17(11-19,9-7-12)16(21)20-13(2)14-4-3-5-15(18)10-14/h3-5,10,12-13H,6-9,11,19H2,1-2H3,(H,20,21). The molecule has 0 spiro atoms. The van der Waals surface area contributed by atoms with Gasteiger partial charge in [-0.25, -0.2) is 4.39 Å². The molecule has 1 aliphatic carbocycles. The van der Waals surface area contributed by atoms with Crippen LogP contribution in [0.3, 0.4) is 0 Å². The lowest BCUT2D eigenvalue weighted by atomic mass is 9.70. The van der Waals surface area contributed by atoms with E-state index in [9.17, 15) is 9.18 Å². The highest BCUT2D eigenvalue weighted by Crippen LogP contribution is 2.38. The molecule has 3 N–H and O–H groups in total.